The van der Waals surface area contributed by atoms with E-state index >= 15 is 0 Å². The summed E-state index contributed by atoms with van der Waals surface area (Å²) in [5.41, 5.74) is 1.31. The second-order valence-corrected chi connectivity index (χ2v) is 14.0. The van der Waals surface area contributed by atoms with Gasteiger partial charge in [-0.15, -0.1) is 0 Å². The molecule has 46 heavy (non-hydrogen) atoms. The zero-order valence-corrected chi connectivity index (χ0v) is 27.2. The van der Waals surface area contributed by atoms with Crippen molar-refractivity contribution in [2.24, 2.45) is 16.7 Å². The van der Waals surface area contributed by atoms with E-state index in [9.17, 15) is 19.2 Å². The number of aliphatic carboxylic acids is 1. The number of carbonyl (C=O) groups excluding carboxylic acids is 3. The first-order chi connectivity index (χ1) is 21.8. The van der Waals surface area contributed by atoms with Crippen LogP contribution in [0.5, 0.6) is 0 Å². The molecular weight excluding hydrogens is 584 g/mol. The van der Waals surface area contributed by atoms with E-state index in [4.69, 9.17) is 9.84 Å². The predicted molar refractivity (Wildman–Crippen MR) is 175 cm³/mol. The summed E-state index contributed by atoms with van der Waals surface area (Å²) in [5, 5.41) is 19.0. The molecule has 5 N–H and O–H groups in total. The van der Waals surface area contributed by atoms with Gasteiger partial charge in [-0.25, -0.2) is 4.79 Å². The number of carbonyl (C=O) groups is 4. The van der Waals surface area contributed by atoms with Crippen LogP contribution < -0.4 is 16.0 Å². The van der Waals surface area contributed by atoms with Gasteiger partial charge in [-0.2, -0.15) is 0 Å². The number of para-hydroxylation sites is 1. The van der Waals surface area contributed by atoms with E-state index in [1.165, 1.54) is 0 Å². The molecule has 0 aliphatic heterocycles. The maximum Gasteiger partial charge on any atom is 0.408 e. The van der Waals surface area contributed by atoms with Crippen molar-refractivity contribution in [1.82, 2.24) is 20.9 Å². The summed E-state index contributed by atoms with van der Waals surface area (Å²) in [6, 6.07) is 16.6. The highest BCUT2D eigenvalue weighted by molar-refractivity contribution is 5.94. The molecule has 1 unspecified atom stereocenters. The molecule has 2 amide bonds. The fourth-order valence-electron chi connectivity index (χ4n) is 7.51. The first-order valence-corrected chi connectivity index (χ1v) is 16.2. The lowest BCUT2D eigenvalue weighted by Crippen LogP contribution is -2.57. The van der Waals surface area contributed by atoms with Gasteiger partial charge in [-0.05, 0) is 54.7 Å². The fraction of sp³-hybridized carbons (Fsp3) is 0.500. The summed E-state index contributed by atoms with van der Waals surface area (Å²) in [7, 11) is 0. The number of hydrogen-bond donors (Lipinski definition) is 5. The van der Waals surface area contributed by atoms with Gasteiger partial charge in [0, 0.05) is 41.9 Å². The Kier molecular flexibility index (Phi) is 9.58. The number of carboxylic acids is 1. The Morgan fingerprint density at radius 2 is 1.76 bits per heavy atom. The molecule has 2 bridgehead atoms. The molecule has 2 aromatic carbocycles. The SMILES string of the molecule is CC1(C)[C@@H]2CCC1(C)[C@H](OC(=O)N[C@](C)(Cc1c[nH]c3ccccc13)C(=O)CNC[C@H](NC(=O)CCC(=O)O)c1ccccc1)C2. The number of alkyl carbamates (subject to hydrolysis) is 1. The number of H-pyrrole nitrogens is 1. The number of ether oxygens (including phenoxy) is 1. The van der Waals surface area contributed by atoms with Crippen molar-refractivity contribution in [3.8, 4) is 0 Å². The maximum absolute atomic E-state index is 14.0. The fourth-order valence-corrected chi connectivity index (χ4v) is 7.51. The van der Waals surface area contributed by atoms with E-state index in [1.54, 1.807) is 6.92 Å². The Morgan fingerprint density at radius 1 is 1.04 bits per heavy atom. The Labute approximate surface area is 270 Å². The van der Waals surface area contributed by atoms with Crippen LogP contribution in [0, 0.1) is 16.7 Å². The van der Waals surface area contributed by atoms with Crippen LogP contribution in [0.25, 0.3) is 10.9 Å². The van der Waals surface area contributed by atoms with Crippen molar-refractivity contribution < 1.29 is 29.0 Å². The molecule has 2 fully saturated rings. The highest BCUT2D eigenvalue weighted by Crippen LogP contribution is 2.66. The van der Waals surface area contributed by atoms with Crippen molar-refractivity contribution in [2.75, 3.05) is 13.1 Å². The molecule has 1 heterocycles. The predicted octanol–water partition coefficient (Wildman–Crippen LogP) is 5.29. The summed E-state index contributed by atoms with van der Waals surface area (Å²) in [6.45, 7) is 8.61. The molecular formula is C36H46N4O6. The molecule has 0 spiro atoms. The van der Waals surface area contributed by atoms with Crippen LogP contribution >= 0.6 is 0 Å². The van der Waals surface area contributed by atoms with E-state index in [1.807, 2.05) is 60.8 Å². The van der Waals surface area contributed by atoms with Crippen molar-refractivity contribution in [2.45, 2.75) is 83.9 Å². The number of fused-ring (bicyclic) bond motifs is 3. The lowest BCUT2D eigenvalue weighted by Gasteiger charge is -2.39. The number of rotatable bonds is 14. The second-order valence-electron chi connectivity index (χ2n) is 14.0. The van der Waals surface area contributed by atoms with Gasteiger partial charge in [-0.3, -0.25) is 14.4 Å². The number of Topliss-reactive ketones (excluding diaryl/α,β-unsaturated/α-hetero) is 1. The van der Waals surface area contributed by atoms with Gasteiger partial charge < -0.3 is 30.8 Å². The molecule has 3 aromatic rings. The maximum atomic E-state index is 14.0. The van der Waals surface area contributed by atoms with Gasteiger partial charge in [0.1, 0.15) is 11.6 Å². The minimum Gasteiger partial charge on any atom is -0.481 e. The zero-order chi connectivity index (χ0) is 33.1. The van der Waals surface area contributed by atoms with E-state index in [-0.39, 0.29) is 55.1 Å². The quantitative estimate of drug-likeness (QED) is 0.162. The number of aromatic nitrogens is 1. The van der Waals surface area contributed by atoms with Crippen LogP contribution in [0.3, 0.4) is 0 Å². The number of hydrogen-bond acceptors (Lipinski definition) is 6. The Hall–Kier alpha value is -4.18. The monoisotopic (exact) mass is 630 g/mol. The summed E-state index contributed by atoms with van der Waals surface area (Å²) in [5.74, 6) is -1.18. The molecule has 5 rings (SSSR count). The highest BCUT2D eigenvalue weighted by Gasteiger charge is 2.63. The van der Waals surface area contributed by atoms with Gasteiger partial charge in [-0.1, -0.05) is 69.3 Å². The topological polar surface area (TPSA) is 150 Å². The normalized spacial score (nSPS) is 23.4. The van der Waals surface area contributed by atoms with Crippen molar-refractivity contribution in [3.05, 3.63) is 71.9 Å². The van der Waals surface area contributed by atoms with Gasteiger partial charge in [0.2, 0.25) is 5.91 Å². The molecule has 2 aliphatic rings. The summed E-state index contributed by atoms with van der Waals surface area (Å²) in [6.07, 6.45) is 3.84. The Balaban J connectivity index is 1.30. The third-order valence-electron chi connectivity index (χ3n) is 10.9. The number of aromatic amines is 1. The van der Waals surface area contributed by atoms with Crippen molar-refractivity contribution in [1.29, 1.82) is 0 Å². The molecule has 2 aliphatic carbocycles. The van der Waals surface area contributed by atoms with Gasteiger partial charge in [0.15, 0.2) is 5.78 Å². The molecule has 5 atom stereocenters. The lowest BCUT2D eigenvalue weighted by atomic mass is 9.70. The summed E-state index contributed by atoms with van der Waals surface area (Å²) < 4.78 is 6.10. The number of nitrogens with one attached hydrogen (secondary N) is 4. The first-order valence-electron chi connectivity index (χ1n) is 16.2. The van der Waals surface area contributed by atoms with Crippen LogP contribution in [0.15, 0.2) is 60.8 Å². The van der Waals surface area contributed by atoms with Crippen LogP contribution in [0.4, 0.5) is 4.79 Å². The van der Waals surface area contributed by atoms with E-state index < -0.39 is 29.6 Å². The van der Waals surface area contributed by atoms with Crippen LogP contribution in [0.2, 0.25) is 0 Å². The minimum absolute atomic E-state index is 0.0728. The van der Waals surface area contributed by atoms with Gasteiger partial charge >= 0.3 is 12.1 Å². The second kappa shape index (κ2) is 13.3. The molecule has 0 saturated heterocycles. The average Bonchev–Trinajstić information content (AvgIpc) is 3.58. The number of ketones is 1. The Bertz CT molecular complexity index is 1590. The highest BCUT2D eigenvalue weighted by atomic mass is 16.6. The lowest BCUT2D eigenvalue weighted by molar-refractivity contribution is -0.139. The molecule has 2 saturated carbocycles. The molecule has 0 radical (unpaired) electrons. The average molecular weight is 631 g/mol. The van der Waals surface area contributed by atoms with Crippen molar-refractivity contribution in [3.63, 3.8) is 0 Å². The standard InChI is InChI=1S/C36H46N4O6/c1-34(2)25-16-17-35(34,3)30(18-25)46-33(45)40-36(4,19-24-20-38-27-13-9-8-12-26(24)27)29(41)22-37-21-28(23-10-6-5-7-11-23)39-31(42)14-15-32(43)44/h5-13,20,25,28,30,37-38H,14-19,21-22H2,1-4H3,(H,39,42)(H,40,45)(H,43,44)/t25-,28+,30-,35?,36-/m1/s1. The smallest absolute Gasteiger partial charge is 0.408 e. The third kappa shape index (κ3) is 6.82. The van der Waals surface area contributed by atoms with E-state index in [0.717, 1.165) is 41.3 Å². The summed E-state index contributed by atoms with van der Waals surface area (Å²) >= 11 is 0. The number of carboxylic acid groups (broad SMARTS) is 1. The van der Waals surface area contributed by atoms with Gasteiger partial charge in [0.05, 0.1) is 19.0 Å². The molecule has 10 heteroatoms. The number of benzene rings is 2. The number of amides is 2. The van der Waals surface area contributed by atoms with Crippen LogP contribution in [-0.4, -0.2) is 58.6 Å². The van der Waals surface area contributed by atoms with Crippen LogP contribution in [0.1, 0.15) is 77.0 Å². The van der Waals surface area contributed by atoms with Crippen LogP contribution in [-0.2, 0) is 25.5 Å². The van der Waals surface area contributed by atoms with E-state index in [2.05, 4.69) is 41.7 Å². The first kappa shape index (κ1) is 33.2. The Morgan fingerprint density at radius 3 is 2.43 bits per heavy atom. The summed E-state index contributed by atoms with van der Waals surface area (Å²) in [4.78, 5) is 54.3. The van der Waals surface area contributed by atoms with Gasteiger partial charge in [0.25, 0.3) is 0 Å². The molecule has 1 aromatic heterocycles. The largest absolute Gasteiger partial charge is 0.481 e. The third-order valence-corrected chi connectivity index (χ3v) is 10.9. The minimum atomic E-state index is -1.30. The van der Waals surface area contributed by atoms with E-state index in [0.29, 0.717) is 5.92 Å². The molecule has 10 nitrogen and oxygen atoms in total. The zero-order valence-electron chi connectivity index (χ0n) is 27.2. The molecule has 246 valence electrons. The van der Waals surface area contributed by atoms with Crippen molar-refractivity contribution >= 4 is 34.7 Å².